The molecule has 2 atom stereocenters. The standard InChI is InChI=1S/C13H22N6O2/c1-13(2,3)21-12(20)18-5-4-17-8-11(6-10(17)7-18)19-9-14-15-16-19/h9-11H,4-8H2,1-3H3/t10-,11-/m0/s1. The second kappa shape index (κ2) is 5.25. The van der Waals surface area contributed by atoms with Crippen molar-refractivity contribution >= 4 is 6.09 Å². The highest BCUT2D eigenvalue weighted by Gasteiger charge is 2.39. The summed E-state index contributed by atoms with van der Waals surface area (Å²) in [5, 5.41) is 11.4. The first kappa shape index (κ1) is 14.2. The third kappa shape index (κ3) is 3.15. The van der Waals surface area contributed by atoms with Crippen molar-refractivity contribution in [2.24, 2.45) is 0 Å². The smallest absolute Gasteiger partial charge is 0.410 e. The molecular formula is C13H22N6O2. The van der Waals surface area contributed by atoms with E-state index < -0.39 is 5.60 Å². The summed E-state index contributed by atoms with van der Waals surface area (Å²) in [5.74, 6) is 0. The summed E-state index contributed by atoms with van der Waals surface area (Å²) in [4.78, 5) is 16.4. The van der Waals surface area contributed by atoms with E-state index in [4.69, 9.17) is 4.74 Å². The van der Waals surface area contributed by atoms with E-state index in [-0.39, 0.29) is 6.09 Å². The summed E-state index contributed by atoms with van der Waals surface area (Å²) in [6.45, 7) is 8.93. The van der Waals surface area contributed by atoms with Gasteiger partial charge < -0.3 is 9.64 Å². The molecule has 1 aromatic rings. The predicted octanol–water partition coefficient (Wildman–Crippen LogP) is 0.539. The fraction of sp³-hybridized carbons (Fsp3) is 0.846. The first-order valence-corrected chi connectivity index (χ1v) is 7.37. The second-order valence-electron chi connectivity index (χ2n) is 6.75. The maximum absolute atomic E-state index is 12.2. The summed E-state index contributed by atoms with van der Waals surface area (Å²) in [6, 6.07) is 0.657. The van der Waals surface area contributed by atoms with E-state index in [1.54, 1.807) is 6.33 Å². The van der Waals surface area contributed by atoms with Gasteiger partial charge in [-0.1, -0.05) is 0 Å². The Morgan fingerprint density at radius 1 is 1.24 bits per heavy atom. The number of carbonyl (C=O) groups excluding carboxylic acids is 1. The molecule has 0 saturated carbocycles. The first-order chi connectivity index (χ1) is 9.92. The van der Waals surface area contributed by atoms with Crippen LogP contribution in [0.3, 0.4) is 0 Å². The lowest BCUT2D eigenvalue weighted by Gasteiger charge is -2.37. The molecule has 0 unspecified atom stereocenters. The minimum absolute atomic E-state index is 0.215. The molecule has 8 nitrogen and oxygen atoms in total. The van der Waals surface area contributed by atoms with Crippen molar-refractivity contribution in [3.8, 4) is 0 Å². The zero-order valence-electron chi connectivity index (χ0n) is 12.8. The van der Waals surface area contributed by atoms with Gasteiger partial charge in [0.05, 0.1) is 6.04 Å². The van der Waals surface area contributed by atoms with E-state index in [1.165, 1.54) is 0 Å². The van der Waals surface area contributed by atoms with E-state index in [0.717, 1.165) is 19.5 Å². The molecule has 2 fully saturated rings. The Morgan fingerprint density at radius 3 is 2.71 bits per heavy atom. The van der Waals surface area contributed by atoms with Gasteiger partial charge in [0, 0.05) is 32.2 Å². The number of hydrogen-bond donors (Lipinski definition) is 0. The van der Waals surface area contributed by atoms with E-state index in [9.17, 15) is 4.79 Å². The highest BCUT2D eigenvalue weighted by atomic mass is 16.6. The number of carbonyl (C=O) groups is 1. The number of tetrazole rings is 1. The van der Waals surface area contributed by atoms with Crippen LogP contribution in [0.2, 0.25) is 0 Å². The average molecular weight is 294 g/mol. The van der Waals surface area contributed by atoms with Crippen molar-refractivity contribution < 1.29 is 9.53 Å². The summed E-state index contributed by atoms with van der Waals surface area (Å²) in [7, 11) is 0. The van der Waals surface area contributed by atoms with Crippen LogP contribution in [0.15, 0.2) is 6.33 Å². The minimum atomic E-state index is -0.446. The summed E-state index contributed by atoms with van der Waals surface area (Å²) in [5.41, 5.74) is -0.446. The number of aromatic nitrogens is 4. The van der Waals surface area contributed by atoms with Crippen molar-refractivity contribution in [1.82, 2.24) is 30.0 Å². The molecule has 0 aromatic carbocycles. The molecule has 1 amide bonds. The molecule has 21 heavy (non-hydrogen) atoms. The Balaban J connectivity index is 1.60. The van der Waals surface area contributed by atoms with Crippen molar-refractivity contribution in [2.45, 2.75) is 44.9 Å². The Bertz CT molecular complexity index is 497. The zero-order valence-corrected chi connectivity index (χ0v) is 12.8. The van der Waals surface area contributed by atoms with Gasteiger partial charge in [-0.25, -0.2) is 9.48 Å². The SMILES string of the molecule is CC(C)(C)OC(=O)N1CCN2C[C@@H](n3cnnn3)C[C@H]2C1. The van der Waals surface area contributed by atoms with Crippen LogP contribution in [0.4, 0.5) is 4.79 Å². The highest BCUT2D eigenvalue weighted by molar-refractivity contribution is 5.68. The predicted molar refractivity (Wildman–Crippen MR) is 74.6 cm³/mol. The van der Waals surface area contributed by atoms with Crippen LogP contribution in [-0.2, 0) is 4.74 Å². The third-order valence-electron chi connectivity index (χ3n) is 3.98. The van der Waals surface area contributed by atoms with Gasteiger partial charge >= 0.3 is 6.09 Å². The quantitative estimate of drug-likeness (QED) is 0.752. The zero-order chi connectivity index (χ0) is 15.0. The van der Waals surface area contributed by atoms with Gasteiger partial charge in [-0.3, -0.25) is 4.90 Å². The van der Waals surface area contributed by atoms with Crippen molar-refractivity contribution in [3.05, 3.63) is 6.33 Å². The fourth-order valence-corrected chi connectivity index (χ4v) is 3.04. The molecule has 0 bridgehead atoms. The molecule has 8 heteroatoms. The van der Waals surface area contributed by atoms with Gasteiger partial charge in [0.15, 0.2) is 0 Å². The summed E-state index contributed by atoms with van der Waals surface area (Å²) < 4.78 is 7.27. The van der Waals surface area contributed by atoms with Crippen LogP contribution >= 0.6 is 0 Å². The topological polar surface area (TPSA) is 76.4 Å². The van der Waals surface area contributed by atoms with Crippen LogP contribution in [-0.4, -0.2) is 73.9 Å². The Morgan fingerprint density at radius 2 is 2.05 bits per heavy atom. The van der Waals surface area contributed by atoms with Gasteiger partial charge in [-0.05, 0) is 37.6 Å². The molecule has 3 heterocycles. The Kier molecular flexibility index (Phi) is 3.56. The molecule has 0 N–H and O–H groups in total. The summed E-state index contributed by atoms with van der Waals surface area (Å²) in [6.07, 6.45) is 2.41. The van der Waals surface area contributed by atoms with E-state index >= 15 is 0 Å². The van der Waals surface area contributed by atoms with Crippen LogP contribution < -0.4 is 0 Å². The molecule has 2 saturated heterocycles. The normalized spacial score (nSPS) is 26.7. The van der Waals surface area contributed by atoms with Crippen molar-refractivity contribution in [2.75, 3.05) is 26.2 Å². The van der Waals surface area contributed by atoms with E-state index in [2.05, 4.69) is 20.4 Å². The Hall–Kier alpha value is -1.70. The van der Waals surface area contributed by atoms with E-state index in [1.807, 2.05) is 30.4 Å². The molecule has 0 spiro atoms. The van der Waals surface area contributed by atoms with Crippen LogP contribution in [0.5, 0.6) is 0 Å². The molecule has 3 rings (SSSR count). The second-order valence-corrected chi connectivity index (χ2v) is 6.75. The molecule has 1 aromatic heterocycles. The van der Waals surface area contributed by atoms with Gasteiger partial charge in [-0.2, -0.15) is 0 Å². The number of hydrogen-bond acceptors (Lipinski definition) is 6. The molecular weight excluding hydrogens is 272 g/mol. The lowest BCUT2D eigenvalue weighted by Crippen LogP contribution is -2.53. The third-order valence-corrected chi connectivity index (χ3v) is 3.98. The first-order valence-electron chi connectivity index (χ1n) is 7.37. The molecule has 116 valence electrons. The van der Waals surface area contributed by atoms with Gasteiger partial charge in [0.2, 0.25) is 0 Å². The maximum atomic E-state index is 12.2. The van der Waals surface area contributed by atoms with Gasteiger partial charge in [0.1, 0.15) is 11.9 Å². The molecule has 2 aliphatic rings. The lowest BCUT2D eigenvalue weighted by molar-refractivity contribution is 0.00924. The monoisotopic (exact) mass is 294 g/mol. The van der Waals surface area contributed by atoms with Gasteiger partial charge in [-0.15, -0.1) is 5.10 Å². The number of amides is 1. The maximum Gasteiger partial charge on any atom is 0.410 e. The van der Waals surface area contributed by atoms with Crippen molar-refractivity contribution in [1.29, 1.82) is 0 Å². The van der Waals surface area contributed by atoms with Crippen LogP contribution in [0.25, 0.3) is 0 Å². The number of ether oxygens (including phenoxy) is 1. The van der Waals surface area contributed by atoms with Crippen LogP contribution in [0, 0.1) is 0 Å². The number of piperazine rings is 1. The number of fused-ring (bicyclic) bond motifs is 1. The van der Waals surface area contributed by atoms with Gasteiger partial charge in [0.25, 0.3) is 0 Å². The average Bonchev–Trinajstić information content (AvgIpc) is 3.04. The molecule has 0 aliphatic carbocycles. The molecule has 2 aliphatic heterocycles. The summed E-state index contributed by atoms with van der Waals surface area (Å²) >= 11 is 0. The minimum Gasteiger partial charge on any atom is -0.444 e. The number of rotatable bonds is 1. The highest BCUT2D eigenvalue weighted by Crippen LogP contribution is 2.29. The Labute approximate surface area is 124 Å². The number of nitrogens with zero attached hydrogens (tertiary/aromatic N) is 6. The van der Waals surface area contributed by atoms with Crippen LogP contribution in [0.1, 0.15) is 33.2 Å². The van der Waals surface area contributed by atoms with E-state index in [0.29, 0.717) is 25.2 Å². The lowest BCUT2D eigenvalue weighted by atomic mass is 10.1. The fourth-order valence-electron chi connectivity index (χ4n) is 3.04. The molecule has 0 radical (unpaired) electrons. The van der Waals surface area contributed by atoms with Crippen molar-refractivity contribution in [3.63, 3.8) is 0 Å². The largest absolute Gasteiger partial charge is 0.444 e.